The minimum atomic E-state index is -3.87. The summed E-state index contributed by atoms with van der Waals surface area (Å²) in [5.41, 5.74) is 1.71. The molecule has 0 spiro atoms. The molecule has 0 fully saturated rings. The van der Waals surface area contributed by atoms with Gasteiger partial charge in [0.15, 0.2) is 0 Å². The summed E-state index contributed by atoms with van der Waals surface area (Å²) in [6, 6.07) is 12.8. The second-order valence-electron chi connectivity index (χ2n) is 8.53. The summed E-state index contributed by atoms with van der Waals surface area (Å²) in [4.78, 5) is 27.9. The predicted molar refractivity (Wildman–Crippen MR) is 132 cm³/mol. The molecule has 2 rings (SSSR count). The summed E-state index contributed by atoms with van der Waals surface area (Å²) < 4.78 is 32.3. The van der Waals surface area contributed by atoms with Gasteiger partial charge in [-0.2, -0.15) is 4.31 Å². The molecule has 0 aliphatic heterocycles. The zero-order chi connectivity index (χ0) is 25.5. The first kappa shape index (κ1) is 27.3. The lowest BCUT2D eigenvalue weighted by Crippen LogP contribution is -2.52. The highest BCUT2D eigenvalue weighted by atomic mass is 32.2. The van der Waals surface area contributed by atoms with Gasteiger partial charge in [-0.05, 0) is 57.0 Å². The molecule has 0 bridgehead atoms. The first-order chi connectivity index (χ1) is 16.0. The number of carbonyl (C=O) groups excluding carboxylic acids is 2. The number of methoxy groups -OCH3 is 1. The molecule has 34 heavy (non-hydrogen) atoms. The number of ether oxygens (including phenoxy) is 1. The average molecular weight is 490 g/mol. The van der Waals surface area contributed by atoms with Crippen LogP contribution < -0.4 is 10.1 Å². The van der Waals surface area contributed by atoms with Crippen LogP contribution in [0.2, 0.25) is 0 Å². The van der Waals surface area contributed by atoms with E-state index < -0.39 is 28.5 Å². The van der Waals surface area contributed by atoms with Crippen molar-refractivity contribution in [3.8, 4) is 5.75 Å². The van der Waals surface area contributed by atoms with Crippen molar-refractivity contribution >= 4 is 21.8 Å². The van der Waals surface area contributed by atoms with Crippen LogP contribution in [0.15, 0.2) is 53.4 Å². The van der Waals surface area contributed by atoms with Crippen molar-refractivity contribution in [2.45, 2.75) is 57.6 Å². The fourth-order valence-electron chi connectivity index (χ4n) is 3.52. The fourth-order valence-corrected chi connectivity index (χ4v) is 4.64. The SMILES string of the molecule is CC[C@H](C(=O)NC(C)C)N(Cc1cccc(OC)c1)C(=O)CN(C)S(=O)(=O)c1ccc(C)cc1. The van der Waals surface area contributed by atoms with E-state index in [2.05, 4.69) is 5.32 Å². The number of amides is 2. The molecule has 1 N–H and O–H groups in total. The van der Waals surface area contributed by atoms with E-state index in [0.717, 1.165) is 15.4 Å². The van der Waals surface area contributed by atoms with E-state index in [1.165, 1.54) is 24.1 Å². The molecule has 9 heteroatoms. The topological polar surface area (TPSA) is 96.0 Å². The Balaban J connectivity index is 2.34. The van der Waals surface area contributed by atoms with Crippen molar-refractivity contribution in [3.63, 3.8) is 0 Å². The molecule has 0 radical (unpaired) electrons. The molecule has 0 aliphatic rings. The van der Waals surface area contributed by atoms with Crippen LogP contribution >= 0.6 is 0 Å². The van der Waals surface area contributed by atoms with Crippen molar-refractivity contribution in [2.24, 2.45) is 0 Å². The standard InChI is InChI=1S/C25H35N3O5S/c1-7-23(25(30)26-18(2)3)28(16-20-9-8-10-21(15-20)33-6)24(29)17-27(5)34(31,32)22-13-11-19(4)12-14-22/h8-15,18,23H,7,16-17H2,1-6H3,(H,26,30)/t23-/m1/s1. The first-order valence-electron chi connectivity index (χ1n) is 11.2. The Bertz CT molecular complexity index is 1080. The minimum absolute atomic E-state index is 0.0973. The molecule has 0 saturated heterocycles. The molecule has 0 heterocycles. The van der Waals surface area contributed by atoms with Gasteiger partial charge in [-0.1, -0.05) is 36.8 Å². The van der Waals surface area contributed by atoms with E-state index in [9.17, 15) is 18.0 Å². The largest absolute Gasteiger partial charge is 0.497 e. The summed E-state index contributed by atoms with van der Waals surface area (Å²) in [5.74, 6) is -0.117. The smallest absolute Gasteiger partial charge is 0.243 e. The Morgan fingerprint density at radius 3 is 2.29 bits per heavy atom. The highest BCUT2D eigenvalue weighted by Gasteiger charge is 2.32. The molecule has 2 aromatic carbocycles. The molecule has 2 aromatic rings. The van der Waals surface area contributed by atoms with Gasteiger partial charge in [0.05, 0.1) is 18.6 Å². The van der Waals surface area contributed by atoms with Crippen LogP contribution in [0.25, 0.3) is 0 Å². The summed E-state index contributed by atoms with van der Waals surface area (Å²) in [6.07, 6.45) is 0.378. The van der Waals surface area contributed by atoms with Crippen LogP contribution in [0.5, 0.6) is 5.75 Å². The molecule has 0 aliphatic carbocycles. The maximum Gasteiger partial charge on any atom is 0.243 e. The third-order valence-electron chi connectivity index (χ3n) is 5.39. The Labute approximate surface area is 202 Å². The number of benzene rings is 2. The Hall–Kier alpha value is -2.91. The quantitative estimate of drug-likeness (QED) is 0.524. The minimum Gasteiger partial charge on any atom is -0.497 e. The van der Waals surface area contributed by atoms with Gasteiger partial charge >= 0.3 is 0 Å². The number of hydrogen-bond acceptors (Lipinski definition) is 5. The predicted octanol–water partition coefficient (Wildman–Crippen LogP) is 2.96. The Kier molecular flexibility index (Phi) is 9.64. The zero-order valence-corrected chi connectivity index (χ0v) is 21.6. The lowest BCUT2D eigenvalue weighted by atomic mass is 10.1. The van der Waals surface area contributed by atoms with Gasteiger partial charge in [0.2, 0.25) is 21.8 Å². The number of aryl methyl sites for hydroxylation is 1. The van der Waals surface area contributed by atoms with Gasteiger partial charge in [-0.3, -0.25) is 9.59 Å². The molecule has 2 amide bonds. The summed E-state index contributed by atoms with van der Waals surface area (Å²) in [5, 5.41) is 2.86. The van der Waals surface area contributed by atoms with Crippen molar-refractivity contribution in [1.82, 2.24) is 14.5 Å². The maximum absolute atomic E-state index is 13.4. The van der Waals surface area contributed by atoms with Crippen LogP contribution in [-0.4, -0.2) is 62.2 Å². The third kappa shape index (κ3) is 7.04. The van der Waals surface area contributed by atoms with E-state index in [-0.39, 0.29) is 23.4 Å². The molecule has 0 aromatic heterocycles. The van der Waals surface area contributed by atoms with Crippen LogP contribution in [0.1, 0.15) is 38.3 Å². The average Bonchev–Trinajstić information content (AvgIpc) is 2.78. The van der Waals surface area contributed by atoms with E-state index in [1.807, 2.05) is 33.8 Å². The number of hydrogen-bond donors (Lipinski definition) is 1. The number of nitrogens with zero attached hydrogens (tertiary/aromatic N) is 2. The third-order valence-corrected chi connectivity index (χ3v) is 7.21. The Morgan fingerprint density at radius 2 is 1.74 bits per heavy atom. The zero-order valence-electron chi connectivity index (χ0n) is 20.7. The molecule has 1 atom stereocenters. The number of nitrogens with one attached hydrogen (secondary N) is 1. The van der Waals surface area contributed by atoms with Crippen molar-refractivity contribution in [2.75, 3.05) is 20.7 Å². The molecule has 0 unspecified atom stereocenters. The van der Waals surface area contributed by atoms with Crippen LogP contribution in [0.4, 0.5) is 0 Å². The second kappa shape index (κ2) is 12.0. The summed E-state index contributed by atoms with van der Waals surface area (Å²) in [7, 11) is -0.954. The monoisotopic (exact) mass is 489 g/mol. The van der Waals surface area contributed by atoms with Gasteiger partial charge in [-0.25, -0.2) is 8.42 Å². The summed E-state index contributed by atoms with van der Waals surface area (Å²) in [6.45, 7) is 7.13. The van der Waals surface area contributed by atoms with Crippen LogP contribution in [0, 0.1) is 6.92 Å². The molecule has 8 nitrogen and oxygen atoms in total. The van der Waals surface area contributed by atoms with Gasteiger partial charge in [-0.15, -0.1) is 0 Å². The van der Waals surface area contributed by atoms with E-state index in [1.54, 1.807) is 37.4 Å². The summed E-state index contributed by atoms with van der Waals surface area (Å²) >= 11 is 0. The molecule has 186 valence electrons. The second-order valence-corrected chi connectivity index (χ2v) is 10.6. The van der Waals surface area contributed by atoms with E-state index in [4.69, 9.17) is 4.74 Å². The highest BCUT2D eigenvalue weighted by molar-refractivity contribution is 7.89. The Morgan fingerprint density at radius 1 is 1.09 bits per heavy atom. The first-order valence-corrected chi connectivity index (χ1v) is 12.7. The lowest BCUT2D eigenvalue weighted by molar-refractivity contribution is -0.141. The van der Waals surface area contributed by atoms with E-state index in [0.29, 0.717) is 12.2 Å². The van der Waals surface area contributed by atoms with Gasteiger partial charge in [0, 0.05) is 19.6 Å². The van der Waals surface area contributed by atoms with Crippen molar-refractivity contribution < 1.29 is 22.7 Å². The van der Waals surface area contributed by atoms with Crippen molar-refractivity contribution in [3.05, 3.63) is 59.7 Å². The van der Waals surface area contributed by atoms with Crippen molar-refractivity contribution in [1.29, 1.82) is 0 Å². The highest BCUT2D eigenvalue weighted by Crippen LogP contribution is 2.19. The fraction of sp³-hybridized carbons (Fsp3) is 0.440. The molecule has 0 saturated carbocycles. The van der Waals surface area contributed by atoms with Gasteiger partial charge in [0.25, 0.3) is 0 Å². The van der Waals surface area contributed by atoms with Crippen LogP contribution in [-0.2, 0) is 26.2 Å². The van der Waals surface area contributed by atoms with Gasteiger partial charge in [0.1, 0.15) is 11.8 Å². The maximum atomic E-state index is 13.4. The molecular weight excluding hydrogens is 454 g/mol. The lowest BCUT2D eigenvalue weighted by Gasteiger charge is -2.32. The number of carbonyl (C=O) groups is 2. The van der Waals surface area contributed by atoms with Crippen LogP contribution in [0.3, 0.4) is 0 Å². The number of sulfonamides is 1. The van der Waals surface area contributed by atoms with Gasteiger partial charge < -0.3 is 15.0 Å². The number of rotatable bonds is 11. The van der Waals surface area contributed by atoms with E-state index >= 15 is 0 Å². The number of likely N-dealkylation sites (N-methyl/N-ethyl adjacent to an activating group) is 1. The molecular formula is C25H35N3O5S. The normalized spacial score (nSPS) is 12.5.